The average molecular weight is 480 g/mol. The zero-order chi connectivity index (χ0) is 24.9. The van der Waals surface area contributed by atoms with Crippen LogP contribution in [0.1, 0.15) is 34.6 Å². The van der Waals surface area contributed by atoms with E-state index in [1.807, 2.05) is 32.0 Å². The molecule has 0 radical (unpaired) electrons. The van der Waals surface area contributed by atoms with E-state index in [0.717, 1.165) is 24.1 Å². The predicted molar refractivity (Wildman–Crippen MR) is 132 cm³/mol. The lowest BCUT2D eigenvalue weighted by Gasteiger charge is -2.24. The molecule has 1 atom stereocenters. The van der Waals surface area contributed by atoms with Gasteiger partial charge in [-0.1, -0.05) is 6.07 Å². The smallest absolute Gasteiger partial charge is 0.411 e. The van der Waals surface area contributed by atoms with E-state index in [1.54, 1.807) is 11.0 Å². The van der Waals surface area contributed by atoms with Crippen LogP contribution in [0, 0.1) is 13.8 Å². The summed E-state index contributed by atoms with van der Waals surface area (Å²) in [5, 5.41) is 16.0. The van der Waals surface area contributed by atoms with E-state index in [4.69, 9.17) is 10.5 Å². The van der Waals surface area contributed by atoms with Crippen molar-refractivity contribution in [3.05, 3.63) is 47.4 Å². The van der Waals surface area contributed by atoms with E-state index in [9.17, 15) is 9.59 Å². The summed E-state index contributed by atoms with van der Waals surface area (Å²) in [6.07, 6.45) is 2.66. The first kappa shape index (κ1) is 24.0. The highest BCUT2D eigenvalue weighted by molar-refractivity contribution is 5.98. The lowest BCUT2D eigenvalue weighted by molar-refractivity contribution is 0.0736. The van der Waals surface area contributed by atoms with Gasteiger partial charge in [0, 0.05) is 42.3 Å². The minimum atomic E-state index is -0.580. The third kappa shape index (κ3) is 5.49. The van der Waals surface area contributed by atoms with Crippen LogP contribution in [0.3, 0.4) is 0 Å². The monoisotopic (exact) mass is 479 g/mol. The minimum absolute atomic E-state index is 0.0304. The Bertz CT molecular complexity index is 1230. The maximum atomic E-state index is 13.4. The van der Waals surface area contributed by atoms with E-state index in [-0.39, 0.29) is 23.5 Å². The first-order valence-electron chi connectivity index (χ1n) is 11.3. The van der Waals surface area contributed by atoms with Gasteiger partial charge >= 0.3 is 6.09 Å². The van der Waals surface area contributed by atoms with Crippen LogP contribution in [0.15, 0.2) is 30.5 Å². The fourth-order valence-corrected chi connectivity index (χ4v) is 3.92. The Labute approximate surface area is 202 Å². The highest BCUT2D eigenvalue weighted by Crippen LogP contribution is 2.27. The number of nitrogens with two attached hydrogens (primary N) is 1. The number of nitrogens with zero attached hydrogens (tertiary/aromatic N) is 4. The van der Waals surface area contributed by atoms with Gasteiger partial charge in [0.2, 0.25) is 0 Å². The number of benzene rings is 1. The van der Waals surface area contributed by atoms with Crippen molar-refractivity contribution in [2.24, 2.45) is 5.73 Å². The van der Waals surface area contributed by atoms with Crippen molar-refractivity contribution in [3.63, 3.8) is 0 Å². The van der Waals surface area contributed by atoms with Gasteiger partial charge in [0.15, 0.2) is 23.1 Å². The Morgan fingerprint density at radius 2 is 2.06 bits per heavy atom. The molecule has 0 saturated carbocycles. The van der Waals surface area contributed by atoms with Gasteiger partial charge in [0.1, 0.15) is 0 Å². The molecule has 1 aliphatic rings. The van der Waals surface area contributed by atoms with Gasteiger partial charge in [0.25, 0.3) is 5.91 Å². The summed E-state index contributed by atoms with van der Waals surface area (Å²) in [6, 6.07) is 7.19. The molecule has 1 saturated heterocycles. The quantitative estimate of drug-likeness (QED) is 0.343. The molecule has 12 nitrogen and oxygen atoms in total. The van der Waals surface area contributed by atoms with Crippen LogP contribution in [0.2, 0.25) is 0 Å². The third-order valence-corrected chi connectivity index (χ3v) is 5.77. The van der Waals surface area contributed by atoms with E-state index in [0.29, 0.717) is 36.1 Å². The molecule has 4 rings (SSSR count). The number of rotatable bonds is 7. The Balaban J connectivity index is 1.68. The summed E-state index contributed by atoms with van der Waals surface area (Å²) in [5.74, 6) is 1.01. The zero-order valence-corrected chi connectivity index (χ0v) is 19.9. The van der Waals surface area contributed by atoms with Crippen LogP contribution in [-0.4, -0.2) is 63.3 Å². The van der Waals surface area contributed by atoms with E-state index >= 15 is 0 Å². The summed E-state index contributed by atoms with van der Waals surface area (Å²) in [6.45, 7) is 4.76. The number of hydrogen-bond donors (Lipinski definition) is 5. The molecule has 6 N–H and O–H groups in total. The number of amides is 2. The number of anilines is 5. The molecule has 0 bridgehead atoms. The van der Waals surface area contributed by atoms with E-state index < -0.39 is 6.09 Å². The maximum Gasteiger partial charge on any atom is 0.411 e. The third-order valence-electron chi connectivity index (χ3n) is 5.77. The Morgan fingerprint density at radius 1 is 1.23 bits per heavy atom. The second-order valence-electron chi connectivity index (χ2n) is 8.32. The summed E-state index contributed by atoms with van der Waals surface area (Å²) in [4.78, 5) is 36.0. The van der Waals surface area contributed by atoms with Gasteiger partial charge in [-0.3, -0.25) is 15.2 Å². The molecule has 0 aliphatic carbocycles. The number of methoxy groups -OCH3 is 1. The molecule has 3 heterocycles. The van der Waals surface area contributed by atoms with Crippen LogP contribution < -0.4 is 21.7 Å². The van der Waals surface area contributed by atoms with Gasteiger partial charge in [-0.2, -0.15) is 5.10 Å². The van der Waals surface area contributed by atoms with Gasteiger partial charge in [0.05, 0.1) is 13.3 Å². The molecular weight excluding hydrogens is 450 g/mol. The highest BCUT2D eigenvalue weighted by Gasteiger charge is 2.31. The van der Waals surface area contributed by atoms with Crippen LogP contribution >= 0.6 is 0 Å². The highest BCUT2D eigenvalue weighted by atomic mass is 16.5. The molecule has 1 fully saturated rings. The predicted octanol–water partition coefficient (Wildman–Crippen LogP) is 3.05. The van der Waals surface area contributed by atoms with Gasteiger partial charge < -0.3 is 26.0 Å². The standard InChI is InChI=1S/C23H29N9O3/c1-13-6-7-15(10-17(13)27-23(34)35-3)26-21-20(22(33)32-8-4-5-16(32)11-24)25-12-19(29-21)28-18-9-14(2)30-31-18/h6-7,9-10,12,16H,4-5,8,11,24H2,1-3H3,(H,27,34)(H3,26,28,29,30,31). The molecule has 1 aliphatic heterocycles. The Morgan fingerprint density at radius 3 is 2.77 bits per heavy atom. The van der Waals surface area contributed by atoms with E-state index in [1.165, 1.54) is 13.3 Å². The Kier molecular flexibility index (Phi) is 7.11. The molecule has 1 unspecified atom stereocenters. The summed E-state index contributed by atoms with van der Waals surface area (Å²) in [7, 11) is 1.30. The van der Waals surface area contributed by atoms with Crippen molar-refractivity contribution in [2.45, 2.75) is 32.7 Å². The number of hydrogen-bond acceptors (Lipinski definition) is 9. The number of aromatic amines is 1. The second kappa shape index (κ2) is 10.4. The first-order valence-corrected chi connectivity index (χ1v) is 11.3. The van der Waals surface area contributed by atoms with E-state index in [2.05, 4.69) is 36.1 Å². The number of carbonyl (C=O) groups is 2. The molecule has 35 heavy (non-hydrogen) atoms. The summed E-state index contributed by atoms with van der Waals surface area (Å²) < 4.78 is 4.70. The number of nitrogens with one attached hydrogen (secondary N) is 4. The minimum Gasteiger partial charge on any atom is -0.453 e. The SMILES string of the molecule is COC(=O)Nc1cc(Nc2nc(Nc3cc(C)[nH]n3)cnc2C(=O)N2CCCC2CN)ccc1C. The average Bonchev–Trinajstić information content (AvgIpc) is 3.49. The van der Waals surface area contributed by atoms with Crippen molar-refractivity contribution in [3.8, 4) is 0 Å². The second-order valence-corrected chi connectivity index (χ2v) is 8.32. The van der Waals surface area contributed by atoms with Gasteiger partial charge in [-0.05, 0) is 44.4 Å². The fraction of sp³-hybridized carbons (Fsp3) is 0.348. The van der Waals surface area contributed by atoms with Crippen LogP contribution in [0.25, 0.3) is 0 Å². The molecule has 1 aromatic carbocycles. The largest absolute Gasteiger partial charge is 0.453 e. The van der Waals surface area contributed by atoms with Crippen molar-refractivity contribution in [1.29, 1.82) is 0 Å². The first-order chi connectivity index (χ1) is 16.9. The fourth-order valence-electron chi connectivity index (χ4n) is 3.92. The molecule has 3 aromatic rings. The number of ether oxygens (including phenoxy) is 1. The summed E-state index contributed by atoms with van der Waals surface area (Å²) >= 11 is 0. The molecular formula is C23H29N9O3. The van der Waals surface area contributed by atoms with Crippen molar-refractivity contribution < 1.29 is 14.3 Å². The van der Waals surface area contributed by atoms with Crippen LogP contribution in [0.5, 0.6) is 0 Å². The molecule has 184 valence electrons. The number of aryl methyl sites for hydroxylation is 2. The van der Waals surface area contributed by atoms with Gasteiger partial charge in [-0.25, -0.2) is 14.8 Å². The number of likely N-dealkylation sites (tertiary alicyclic amines) is 1. The van der Waals surface area contributed by atoms with Crippen LogP contribution in [-0.2, 0) is 4.74 Å². The zero-order valence-electron chi connectivity index (χ0n) is 19.9. The van der Waals surface area contributed by atoms with Crippen LogP contribution in [0.4, 0.5) is 33.6 Å². The van der Waals surface area contributed by atoms with Crippen molar-refractivity contribution in [1.82, 2.24) is 25.1 Å². The summed E-state index contributed by atoms with van der Waals surface area (Å²) in [5.41, 5.74) is 8.96. The lowest BCUT2D eigenvalue weighted by Crippen LogP contribution is -2.40. The van der Waals surface area contributed by atoms with Crippen molar-refractivity contribution in [2.75, 3.05) is 36.1 Å². The number of H-pyrrole nitrogens is 1. The van der Waals surface area contributed by atoms with Gasteiger partial charge in [-0.15, -0.1) is 0 Å². The molecule has 2 aromatic heterocycles. The normalized spacial score (nSPS) is 15.1. The molecule has 0 spiro atoms. The topological polar surface area (TPSA) is 163 Å². The maximum absolute atomic E-state index is 13.4. The molecule has 2 amide bonds. The lowest BCUT2D eigenvalue weighted by atomic mass is 10.1. The number of aromatic nitrogens is 4. The Hall–Kier alpha value is -4.19. The van der Waals surface area contributed by atoms with Crippen molar-refractivity contribution >= 4 is 40.8 Å². The molecule has 12 heteroatoms. The number of carbonyl (C=O) groups excluding carboxylic acids is 2.